The fourth-order valence-corrected chi connectivity index (χ4v) is 2.07. The van der Waals surface area contributed by atoms with Crippen LogP contribution in [0, 0.1) is 0 Å². The van der Waals surface area contributed by atoms with Crippen molar-refractivity contribution in [1.29, 1.82) is 0 Å². The van der Waals surface area contributed by atoms with Crippen molar-refractivity contribution in [3.8, 4) is 0 Å². The van der Waals surface area contributed by atoms with E-state index in [0.29, 0.717) is 41.2 Å². The molecule has 1 aromatic rings. The largest absolute Gasteiger partial charge is 0.377 e. The molecule has 0 bridgehead atoms. The minimum Gasteiger partial charge on any atom is -0.377 e. The molecule has 0 aliphatic rings. The Balaban J connectivity index is 0.00000625. The normalized spacial score (nSPS) is 11.5. The molecule has 1 rings (SSSR count). The lowest BCUT2D eigenvalue weighted by Gasteiger charge is -2.21. The number of carbonyl (C=O) groups excluding carboxylic acids is 1. The van der Waals surface area contributed by atoms with Crippen LogP contribution in [0.3, 0.4) is 0 Å². The van der Waals surface area contributed by atoms with E-state index in [0.717, 1.165) is 6.54 Å². The van der Waals surface area contributed by atoms with E-state index in [9.17, 15) is 4.79 Å². The predicted octanol–water partition coefficient (Wildman–Crippen LogP) is 3.32. The fraction of sp³-hybridized carbons (Fsp3) is 0.529. The maximum atomic E-state index is 12.1. The van der Waals surface area contributed by atoms with Gasteiger partial charge in [-0.15, -0.1) is 24.0 Å². The zero-order chi connectivity index (χ0) is 18.9. The third-order valence-electron chi connectivity index (χ3n) is 3.40. The van der Waals surface area contributed by atoms with Gasteiger partial charge in [0.25, 0.3) is 5.91 Å². The SMILES string of the molecule is CCNC(=NCC(C)(C)OC)NCCNC(=O)c1ccc(Cl)c(Cl)c1.I. The van der Waals surface area contributed by atoms with Crippen LogP contribution < -0.4 is 16.0 Å². The number of halogens is 3. The average Bonchev–Trinajstić information content (AvgIpc) is 2.58. The lowest BCUT2D eigenvalue weighted by molar-refractivity contribution is 0.0310. The lowest BCUT2D eigenvalue weighted by Crippen LogP contribution is -2.42. The van der Waals surface area contributed by atoms with E-state index in [1.807, 2.05) is 20.8 Å². The van der Waals surface area contributed by atoms with Gasteiger partial charge in [-0.3, -0.25) is 9.79 Å². The Hall–Kier alpha value is -0.770. The molecule has 1 aromatic carbocycles. The van der Waals surface area contributed by atoms with E-state index < -0.39 is 0 Å². The van der Waals surface area contributed by atoms with Crippen molar-refractivity contribution in [2.45, 2.75) is 26.4 Å². The zero-order valence-corrected chi connectivity index (χ0v) is 19.3. The molecule has 26 heavy (non-hydrogen) atoms. The summed E-state index contributed by atoms with van der Waals surface area (Å²) in [4.78, 5) is 16.5. The molecule has 9 heteroatoms. The number of ether oxygens (including phenoxy) is 1. The fourth-order valence-electron chi connectivity index (χ4n) is 1.77. The molecule has 148 valence electrons. The number of hydrogen-bond donors (Lipinski definition) is 3. The molecule has 1 amide bonds. The molecule has 0 saturated carbocycles. The number of nitrogens with one attached hydrogen (secondary N) is 3. The van der Waals surface area contributed by atoms with Crippen molar-refractivity contribution in [2.24, 2.45) is 4.99 Å². The summed E-state index contributed by atoms with van der Waals surface area (Å²) in [7, 11) is 1.66. The number of benzene rings is 1. The molecule has 0 atom stereocenters. The van der Waals surface area contributed by atoms with E-state index in [-0.39, 0.29) is 35.5 Å². The number of hydrogen-bond acceptors (Lipinski definition) is 3. The van der Waals surface area contributed by atoms with Gasteiger partial charge in [-0.1, -0.05) is 23.2 Å². The van der Waals surface area contributed by atoms with E-state index in [2.05, 4.69) is 20.9 Å². The van der Waals surface area contributed by atoms with E-state index in [1.165, 1.54) is 0 Å². The lowest BCUT2D eigenvalue weighted by atomic mass is 10.1. The van der Waals surface area contributed by atoms with Crippen molar-refractivity contribution in [3.05, 3.63) is 33.8 Å². The van der Waals surface area contributed by atoms with Crippen LogP contribution in [0.4, 0.5) is 0 Å². The number of methoxy groups -OCH3 is 1. The molecule has 0 aliphatic carbocycles. The Morgan fingerprint density at radius 2 is 1.81 bits per heavy atom. The molecule has 0 spiro atoms. The van der Waals surface area contributed by atoms with Crippen molar-refractivity contribution in [1.82, 2.24) is 16.0 Å². The Bertz CT molecular complexity index is 612. The van der Waals surface area contributed by atoms with Gasteiger partial charge in [0.2, 0.25) is 0 Å². The molecule has 0 radical (unpaired) electrons. The maximum absolute atomic E-state index is 12.1. The molecule has 0 aromatic heterocycles. The quantitative estimate of drug-likeness (QED) is 0.214. The van der Waals surface area contributed by atoms with Gasteiger partial charge in [-0.05, 0) is 39.0 Å². The summed E-state index contributed by atoms with van der Waals surface area (Å²) in [6, 6.07) is 4.78. The second kappa shape index (κ2) is 12.6. The second-order valence-corrected chi connectivity index (χ2v) is 6.78. The molecule has 0 saturated heterocycles. The Labute approximate surface area is 182 Å². The standard InChI is InChI=1S/C17H26Cl2N4O2.HI/c1-5-20-16(23-11-17(2,3)25-4)22-9-8-21-15(24)12-6-7-13(18)14(19)10-12;/h6-7,10H,5,8-9,11H2,1-4H3,(H,21,24)(H2,20,22,23);1H. The molecule has 3 N–H and O–H groups in total. The van der Waals surface area contributed by atoms with Crippen LogP contribution in [-0.4, -0.2) is 50.8 Å². The zero-order valence-electron chi connectivity index (χ0n) is 15.5. The monoisotopic (exact) mass is 516 g/mol. The summed E-state index contributed by atoms with van der Waals surface area (Å²) in [5.41, 5.74) is 0.140. The van der Waals surface area contributed by atoms with E-state index >= 15 is 0 Å². The van der Waals surface area contributed by atoms with Crippen molar-refractivity contribution in [3.63, 3.8) is 0 Å². The first-order valence-corrected chi connectivity index (χ1v) is 8.85. The highest BCUT2D eigenvalue weighted by Crippen LogP contribution is 2.22. The number of guanidine groups is 1. The Morgan fingerprint density at radius 1 is 1.15 bits per heavy atom. The maximum Gasteiger partial charge on any atom is 0.251 e. The summed E-state index contributed by atoms with van der Waals surface area (Å²) in [5, 5.41) is 9.91. The van der Waals surface area contributed by atoms with Crippen LogP contribution in [0.25, 0.3) is 0 Å². The van der Waals surface area contributed by atoms with Gasteiger partial charge >= 0.3 is 0 Å². The Kier molecular flexibility index (Phi) is 12.2. The van der Waals surface area contributed by atoms with Gasteiger partial charge in [-0.2, -0.15) is 0 Å². The number of carbonyl (C=O) groups is 1. The molecule has 6 nitrogen and oxygen atoms in total. The summed E-state index contributed by atoms with van der Waals surface area (Å²) in [5.74, 6) is 0.472. The highest BCUT2D eigenvalue weighted by Gasteiger charge is 2.15. The minimum atomic E-state index is -0.329. The van der Waals surface area contributed by atoms with Crippen molar-refractivity contribution >= 4 is 59.0 Å². The number of aliphatic imine (C=N–C) groups is 1. The highest BCUT2D eigenvalue weighted by atomic mass is 127. The van der Waals surface area contributed by atoms with Gasteiger partial charge in [0.15, 0.2) is 5.96 Å². The summed E-state index contributed by atoms with van der Waals surface area (Å²) in [6.45, 7) is 8.17. The van der Waals surface area contributed by atoms with E-state index in [1.54, 1.807) is 25.3 Å². The van der Waals surface area contributed by atoms with Crippen LogP contribution in [0.15, 0.2) is 23.2 Å². The molecule has 0 fully saturated rings. The van der Waals surface area contributed by atoms with Gasteiger partial charge in [0.05, 0.1) is 22.2 Å². The van der Waals surface area contributed by atoms with Gasteiger partial charge in [0.1, 0.15) is 0 Å². The average molecular weight is 517 g/mol. The van der Waals surface area contributed by atoms with Crippen LogP contribution in [0.1, 0.15) is 31.1 Å². The molecule has 0 heterocycles. The summed E-state index contributed by atoms with van der Waals surface area (Å²) < 4.78 is 5.35. The van der Waals surface area contributed by atoms with Crippen LogP contribution >= 0.6 is 47.2 Å². The second-order valence-electron chi connectivity index (χ2n) is 5.97. The highest BCUT2D eigenvalue weighted by molar-refractivity contribution is 14.0. The summed E-state index contributed by atoms with van der Waals surface area (Å²) in [6.07, 6.45) is 0. The predicted molar refractivity (Wildman–Crippen MR) is 119 cm³/mol. The third kappa shape index (κ3) is 9.25. The van der Waals surface area contributed by atoms with Crippen LogP contribution in [0.2, 0.25) is 10.0 Å². The summed E-state index contributed by atoms with van der Waals surface area (Å²) >= 11 is 11.8. The van der Waals surface area contributed by atoms with Crippen LogP contribution in [-0.2, 0) is 4.74 Å². The first-order chi connectivity index (χ1) is 11.8. The smallest absolute Gasteiger partial charge is 0.251 e. The first kappa shape index (κ1) is 25.2. The minimum absolute atomic E-state index is 0. The number of nitrogens with zero attached hydrogens (tertiary/aromatic N) is 1. The molecule has 0 aliphatic heterocycles. The van der Waals surface area contributed by atoms with Gasteiger partial charge < -0.3 is 20.7 Å². The van der Waals surface area contributed by atoms with E-state index in [4.69, 9.17) is 27.9 Å². The van der Waals surface area contributed by atoms with Crippen molar-refractivity contribution in [2.75, 3.05) is 33.3 Å². The number of amides is 1. The molecular formula is C17H27Cl2IN4O2. The van der Waals surface area contributed by atoms with Crippen LogP contribution in [0.5, 0.6) is 0 Å². The van der Waals surface area contributed by atoms with Gasteiger partial charge in [0, 0.05) is 32.3 Å². The first-order valence-electron chi connectivity index (χ1n) is 8.09. The molecular weight excluding hydrogens is 490 g/mol. The number of rotatable bonds is 8. The van der Waals surface area contributed by atoms with Gasteiger partial charge in [-0.25, -0.2) is 0 Å². The van der Waals surface area contributed by atoms with Crippen molar-refractivity contribution < 1.29 is 9.53 Å². The Morgan fingerprint density at radius 3 is 2.38 bits per heavy atom. The third-order valence-corrected chi connectivity index (χ3v) is 4.14. The molecule has 0 unspecified atom stereocenters. The topological polar surface area (TPSA) is 74.8 Å².